The number of nitrogens with zero attached hydrogens (tertiary/aromatic N) is 2. The summed E-state index contributed by atoms with van der Waals surface area (Å²) < 4.78 is 26.8. The van der Waals surface area contributed by atoms with Crippen LogP contribution in [-0.2, 0) is 4.79 Å². The minimum atomic E-state index is -2.54. The first-order valence-corrected chi connectivity index (χ1v) is 7.25. The maximum Gasteiger partial charge on any atom is 0.250 e. The lowest BCUT2D eigenvalue weighted by Gasteiger charge is -2.31. The minimum absolute atomic E-state index is 0.123. The second-order valence-electron chi connectivity index (χ2n) is 4.86. The Bertz CT molecular complexity index is 474. The van der Waals surface area contributed by atoms with Crippen molar-refractivity contribution in [3.8, 4) is 0 Å². The minimum Gasteiger partial charge on any atom is -0.311 e. The molecule has 1 amide bonds. The first-order chi connectivity index (χ1) is 9.44. The summed E-state index contributed by atoms with van der Waals surface area (Å²) in [6.07, 6.45) is 1.62. The molecule has 1 aromatic heterocycles. The molecule has 0 radical (unpaired) electrons. The van der Waals surface area contributed by atoms with E-state index < -0.39 is 5.92 Å². The Balaban J connectivity index is 1.73. The largest absolute Gasteiger partial charge is 0.311 e. The van der Waals surface area contributed by atoms with Gasteiger partial charge in [0.15, 0.2) is 0 Å². The molecule has 2 heterocycles. The van der Waals surface area contributed by atoms with Crippen molar-refractivity contribution in [2.75, 3.05) is 25.0 Å². The molecule has 0 spiro atoms. The molecule has 7 heteroatoms. The van der Waals surface area contributed by atoms with Gasteiger partial charge in [0.2, 0.25) is 5.91 Å². The van der Waals surface area contributed by atoms with E-state index in [1.807, 2.05) is 4.90 Å². The van der Waals surface area contributed by atoms with Crippen LogP contribution < -0.4 is 5.32 Å². The van der Waals surface area contributed by atoms with Crippen LogP contribution in [0.5, 0.6) is 0 Å². The average Bonchev–Trinajstić information content (AvgIpc) is 2.37. The first kappa shape index (κ1) is 15.3. The fraction of sp³-hybridized carbons (Fsp3) is 0.538. The Morgan fingerprint density at radius 2 is 2.15 bits per heavy atom. The number of hydrogen-bond donors (Lipinski definition) is 1. The summed E-state index contributed by atoms with van der Waals surface area (Å²) in [7, 11) is 0. The lowest BCUT2D eigenvalue weighted by molar-refractivity contribution is -0.116. The van der Waals surface area contributed by atoms with E-state index in [1.165, 1.54) is 0 Å². The van der Waals surface area contributed by atoms with Crippen molar-refractivity contribution in [3.05, 3.63) is 22.8 Å². The second kappa shape index (κ2) is 6.58. The normalized spacial score (nSPS) is 18.8. The van der Waals surface area contributed by atoms with E-state index in [0.717, 1.165) is 4.47 Å². The Hall–Kier alpha value is -1.08. The fourth-order valence-electron chi connectivity index (χ4n) is 2.04. The summed E-state index contributed by atoms with van der Waals surface area (Å²) in [5.41, 5.74) is 0. The van der Waals surface area contributed by atoms with Gasteiger partial charge in [-0.25, -0.2) is 13.8 Å². The molecule has 4 nitrogen and oxygen atoms in total. The zero-order valence-corrected chi connectivity index (χ0v) is 12.5. The molecule has 0 bridgehead atoms. The van der Waals surface area contributed by atoms with Crippen molar-refractivity contribution in [3.63, 3.8) is 0 Å². The number of piperidine rings is 1. The van der Waals surface area contributed by atoms with E-state index in [4.69, 9.17) is 0 Å². The third-order valence-electron chi connectivity index (χ3n) is 3.23. The third-order valence-corrected chi connectivity index (χ3v) is 3.73. The topological polar surface area (TPSA) is 45.2 Å². The SMILES string of the molecule is O=C(CCN1CCC(F)(F)CC1)Nc1cc(Br)ccn1. The molecule has 1 fully saturated rings. The van der Waals surface area contributed by atoms with Crippen LogP contribution in [-0.4, -0.2) is 41.3 Å². The number of pyridine rings is 1. The number of rotatable bonds is 4. The van der Waals surface area contributed by atoms with E-state index in [1.54, 1.807) is 18.3 Å². The van der Waals surface area contributed by atoms with Gasteiger partial charge in [-0.05, 0) is 12.1 Å². The standard InChI is InChI=1S/C13H16BrF2N3O/c14-10-1-5-17-11(9-10)18-12(20)2-6-19-7-3-13(15,16)4-8-19/h1,5,9H,2-4,6-8H2,(H,17,18,20). The number of halogens is 3. The molecule has 20 heavy (non-hydrogen) atoms. The summed E-state index contributed by atoms with van der Waals surface area (Å²) in [6, 6.07) is 3.48. The quantitative estimate of drug-likeness (QED) is 0.910. The van der Waals surface area contributed by atoms with Crippen LogP contribution >= 0.6 is 15.9 Å². The predicted octanol–water partition coefficient (Wildman–Crippen LogP) is 2.90. The van der Waals surface area contributed by atoms with Crippen LogP contribution in [0.4, 0.5) is 14.6 Å². The van der Waals surface area contributed by atoms with Gasteiger partial charge < -0.3 is 10.2 Å². The lowest BCUT2D eigenvalue weighted by atomic mass is 10.1. The van der Waals surface area contributed by atoms with Gasteiger partial charge in [0.1, 0.15) is 5.82 Å². The molecule has 1 saturated heterocycles. The van der Waals surface area contributed by atoms with Crippen molar-refractivity contribution in [2.24, 2.45) is 0 Å². The number of carbonyl (C=O) groups is 1. The fourth-order valence-corrected chi connectivity index (χ4v) is 2.38. The third kappa shape index (κ3) is 4.79. The number of likely N-dealkylation sites (tertiary alicyclic amines) is 1. The smallest absolute Gasteiger partial charge is 0.250 e. The number of anilines is 1. The van der Waals surface area contributed by atoms with Gasteiger partial charge in [-0.2, -0.15) is 0 Å². The molecule has 0 unspecified atom stereocenters. The van der Waals surface area contributed by atoms with Crippen molar-refractivity contribution >= 4 is 27.7 Å². The highest BCUT2D eigenvalue weighted by Crippen LogP contribution is 2.27. The highest BCUT2D eigenvalue weighted by Gasteiger charge is 2.33. The summed E-state index contributed by atoms with van der Waals surface area (Å²) in [4.78, 5) is 17.7. The molecule has 2 rings (SSSR count). The highest BCUT2D eigenvalue weighted by atomic mass is 79.9. The Labute approximate surface area is 124 Å². The van der Waals surface area contributed by atoms with Crippen LogP contribution in [0.25, 0.3) is 0 Å². The number of hydrogen-bond acceptors (Lipinski definition) is 3. The molecule has 1 aliphatic rings. The van der Waals surface area contributed by atoms with Gasteiger partial charge in [-0.15, -0.1) is 0 Å². The molecule has 0 atom stereocenters. The van der Waals surface area contributed by atoms with Crippen LogP contribution in [0.2, 0.25) is 0 Å². The Morgan fingerprint density at radius 3 is 2.80 bits per heavy atom. The molecule has 1 aromatic rings. The monoisotopic (exact) mass is 347 g/mol. The molecule has 110 valence electrons. The number of aromatic nitrogens is 1. The van der Waals surface area contributed by atoms with Gasteiger partial charge in [0.25, 0.3) is 5.92 Å². The second-order valence-corrected chi connectivity index (χ2v) is 5.77. The molecule has 1 aliphatic heterocycles. The van der Waals surface area contributed by atoms with Crippen LogP contribution in [0.1, 0.15) is 19.3 Å². The number of alkyl halides is 2. The van der Waals surface area contributed by atoms with Gasteiger partial charge in [-0.1, -0.05) is 15.9 Å². The Morgan fingerprint density at radius 1 is 1.45 bits per heavy atom. The summed E-state index contributed by atoms with van der Waals surface area (Å²) in [5, 5.41) is 2.68. The average molecular weight is 348 g/mol. The van der Waals surface area contributed by atoms with Crippen molar-refractivity contribution in [2.45, 2.75) is 25.2 Å². The lowest BCUT2D eigenvalue weighted by Crippen LogP contribution is -2.40. The summed E-state index contributed by atoms with van der Waals surface area (Å²) in [5.74, 6) is -2.22. The van der Waals surface area contributed by atoms with E-state index in [0.29, 0.717) is 25.5 Å². The van der Waals surface area contributed by atoms with Crippen molar-refractivity contribution < 1.29 is 13.6 Å². The predicted molar refractivity (Wildman–Crippen MR) is 75.8 cm³/mol. The molecule has 0 aliphatic carbocycles. The Kier molecular flexibility index (Phi) is 5.04. The van der Waals surface area contributed by atoms with E-state index in [-0.39, 0.29) is 25.2 Å². The van der Waals surface area contributed by atoms with Gasteiger partial charge >= 0.3 is 0 Å². The van der Waals surface area contributed by atoms with E-state index in [2.05, 4.69) is 26.2 Å². The van der Waals surface area contributed by atoms with Crippen LogP contribution in [0.3, 0.4) is 0 Å². The molecule has 0 saturated carbocycles. The van der Waals surface area contributed by atoms with E-state index in [9.17, 15) is 13.6 Å². The maximum atomic E-state index is 13.0. The zero-order valence-electron chi connectivity index (χ0n) is 10.9. The zero-order chi connectivity index (χ0) is 14.6. The molecular formula is C13H16BrF2N3O. The van der Waals surface area contributed by atoms with Crippen LogP contribution in [0.15, 0.2) is 22.8 Å². The van der Waals surface area contributed by atoms with Gasteiger partial charge in [0, 0.05) is 49.6 Å². The van der Waals surface area contributed by atoms with Gasteiger partial charge in [0.05, 0.1) is 0 Å². The van der Waals surface area contributed by atoms with Crippen molar-refractivity contribution in [1.29, 1.82) is 0 Å². The highest BCUT2D eigenvalue weighted by molar-refractivity contribution is 9.10. The number of amides is 1. The van der Waals surface area contributed by atoms with E-state index >= 15 is 0 Å². The first-order valence-electron chi connectivity index (χ1n) is 6.46. The summed E-state index contributed by atoms with van der Waals surface area (Å²) >= 11 is 3.29. The maximum absolute atomic E-state index is 13.0. The number of carbonyl (C=O) groups excluding carboxylic acids is 1. The number of nitrogens with one attached hydrogen (secondary N) is 1. The van der Waals surface area contributed by atoms with Crippen molar-refractivity contribution in [1.82, 2.24) is 9.88 Å². The summed E-state index contributed by atoms with van der Waals surface area (Å²) in [6.45, 7) is 1.18. The van der Waals surface area contributed by atoms with Gasteiger partial charge in [-0.3, -0.25) is 4.79 Å². The molecule has 0 aromatic carbocycles. The van der Waals surface area contributed by atoms with Crippen LogP contribution in [0, 0.1) is 0 Å². The molecule has 1 N–H and O–H groups in total. The molecular weight excluding hydrogens is 332 g/mol.